The van der Waals surface area contributed by atoms with Crippen molar-refractivity contribution in [1.29, 1.82) is 0 Å². The first-order chi connectivity index (χ1) is 9.11. The number of rotatable bonds is 6. The van der Waals surface area contributed by atoms with Gasteiger partial charge in [-0.3, -0.25) is 4.90 Å². The van der Waals surface area contributed by atoms with E-state index in [0.29, 0.717) is 0 Å². The molecule has 1 aromatic heterocycles. The Morgan fingerprint density at radius 1 is 1.37 bits per heavy atom. The van der Waals surface area contributed by atoms with Gasteiger partial charge in [0.1, 0.15) is 5.82 Å². The van der Waals surface area contributed by atoms with Crippen molar-refractivity contribution in [2.24, 2.45) is 5.73 Å². The highest BCUT2D eigenvalue weighted by Crippen LogP contribution is 2.28. The maximum Gasteiger partial charge on any atom is 0.110 e. The predicted octanol–water partition coefficient (Wildman–Crippen LogP) is 2.04. The Bertz CT molecular complexity index is 395. The van der Waals surface area contributed by atoms with Crippen LogP contribution in [-0.2, 0) is 13.0 Å². The summed E-state index contributed by atoms with van der Waals surface area (Å²) in [6.07, 6.45) is 8.51. The molecule has 1 fully saturated rings. The summed E-state index contributed by atoms with van der Waals surface area (Å²) in [5, 5.41) is 0. The Morgan fingerprint density at radius 3 is 2.63 bits per heavy atom. The minimum Gasteiger partial charge on any atom is -0.335 e. The van der Waals surface area contributed by atoms with Gasteiger partial charge in [-0.15, -0.1) is 0 Å². The molecule has 0 radical (unpaired) electrons. The van der Waals surface area contributed by atoms with Crippen LogP contribution >= 0.6 is 0 Å². The lowest BCUT2D eigenvalue weighted by Crippen LogP contribution is -2.57. The molecule has 1 saturated heterocycles. The van der Waals surface area contributed by atoms with E-state index >= 15 is 0 Å². The Balaban J connectivity index is 2.10. The third-order valence-corrected chi connectivity index (χ3v) is 4.89. The van der Waals surface area contributed by atoms with E-state index in [1.54, 1.807) is 0 Å². The first-order valence-electron chi connectivity index (χ1n) is 7.62. The number of aryl methyl sites for hydroxylation is 1. The summed E-state index contributed by atoms with van der Waals surface area (Å²) in [6, 6.07) is 0.142. The molecule has 108 valence electrons. The quantitative estimate of drug-likeness (QED) is 0.855. The highest BCUT2D eigenvalue weighted by atomic mass is 15.2. The van der Waals surface area contributed by atoms with Gasteiger partial charge in [-0.2, -0.15) is 0 Å². The molecule has 1 aliphatic rings. The highest BCUT2D eigenvalue weighted by molar-refractivity contribution is 5.03. The van der Waals surface area contributed by atoms with Crippen molar-refractivity contribution < 1.29 is 0 Å². The maximum absolute atomic E-state index is 6.56. The van der Waals surface area contributed by atoms with Gasteiger partial charge in [-0.05, 0) is 46.2 Å². The molecule has 1 aliphatic heterocycles. The Morgan fingerprint density at radius 2 is 2.05 bits per heavy atom. The van der Waals surface area contributed by atoms with Crippen molar-refractivity contribution in [2.45, 2.75) is 64.6 Å². The molecular weight excluding hydrogens is 236 g/mol. The van der Waals surface area contributed by atoms with E-state index in [0.717, 1.165) is 25.2 Å². The molecule has 0 amide bonds. The standard InChI is InChI=1S/C15H28N4/c1-4-15(3,19-9-6-7-10-19)13(16)12-14-17-8-11-18(14)5-2/h8,11,13H,4-7,9-10,12,16H2,1-3H3. The Hall–Kier alpha value is -0.870. The molecule has 0 bridgehead atoms. The van der Waals surface area contributed by atoms with Crippen LogP contribution in [0.3, 0.4) is 0 Å². The summed E-state index contributed by atoms with van der Waals surface area (Å²) in [5.41, 5.74) is 6.66. The Kier molecular flexibility index (Phi) is 4.63. The molecule has 2 heterocycles. The van der Waals surface area contributed by atoms with Gasteiger partial charge in [-0.1, -0.05) is 6.92 Å². The van der Waals surface area contributed by atoms with Gasteiger partial charge in [0.05, 0.1) is 0 Å². The van der Waals surface area contributed by atoms with Crippen LogP contribution in [0.25, 0.3) is 0 Å². The number of hydrogen-bond donors (Lipinski definition) is 1. The first kappa shape index (κ1) is 14.5. The van der Waals surface area contributed by atoms with Crippen molar-refractivity contribution in [3.63, 3.8) is 0 Å². The predicted molar refractivity (Wildman–Crippen MR) is 79.1 cm³/mol. The number of likely N-dealkylation sites (tertiary alicyclic amines) is 1. The van der Waals surface area contributed by atoms with Gasteiger partial charge in [0.15, 0.2) is 0 Å². The van der Waals surface area contributed by atoms with Crippen molar-refractivity contribution >= 4 is 0 Å². The van der Waals surface area contributed by atoms with Gasteiger partial charge in [0, 0.05) is 36.9 Å². The molecule has 0 aromatic carbocycles. The van der Waals surface area contributed by atoms with Gasteiger partial charge in [0.25, 0.3) is 0 Å². The van der Waals surface area contributed by atoms with Crippen molar-refractivity contribution in [1.82, 2.24) is 14.5 Å². The number of imidazole rings is 1. The first-order valence-corrected chi connectivity index (χ1v) is 7.62. The van der Waals surface area contributed by atoms with Gasteiger partial charge >= 0.3 is 0 Å². The van der Waals surface area contributed by atoms with E-state index in [9.17, 15) is 0 Å². The molecule has 1 aromatic rings. The summed E-state index contributed by atoms with van der Waals surface area (Å²) < 4.78 is 2.19. The normalized spacial score (nSPS) is 21.5. The van der Waals surface area contributed by atoms with Crippen LogP contribution in [0.2, 0.25) is 0 Å². The van der Waals surface area contributed by atoms with Gasteiger partial charge < -0.3 is 10.3 Å². The van der Waals surface area contributed by atoms with E-state index in [2.05, 4.69) is 35.2 Å². The molecule has 2 unspecified atom stereocenters. The van der Waals surface area contributed by atoms with E-state index in [1.807, 2.05) is 12.4 Å². The minimum atomic E-state index is 0.0982. The van der Waals surface area contributed by atoms with Crippen LogP contribution in [0.4, 0.5) is 0 Å². The number of aromatic nitrogens is 2. The van der Waals surface area contributed by atoms with Crippen LogP contribution in [0.15, 0.2) is 12.4 Å². The molecular formula is C15H28N4. The zero-order chi connectivity index (χ0) is 13.9. The zero-order valence-corrected chi connectivity index (χ0v) is 12.6. The second kappa shape index (κ2) is 6.06. The fourth-order valence-corrected chi connectivity index (χ4v) is 3.18. The monoisotopic (exact) mass is 264 g/mol. The molecule has 0 aliphatic carbocycles. The summed E-state index contributed by atoms with van der Waals surface area (Å²) in [5.74, 6) is 1.12. The number of nitrogens with two attached hydrogens (primary N) is 1. The molecule has 4 heteroatoms. The van der Waals surface area contributed by atoms with Crippen molar-refractivity contribution in [3.05, 3.63) is 18.2 Å². The highest BCUT2D eigenvalue weighted by Gasteiger charge is 2.37. The third-order valence-electron chi connectivity index (χ3n) is 4.89. The summed E-state index contributed by atoms with van der Waals surface area (Å²) in [4.78, 5) is 7.05. The second-order valence-electron chi connectivity index (χ2n) is 5.84. The zero-order valence-electron chi connectivity index (χ0n) is 12.6. The lowest BCUT2D eigenvalue weighted by molar-refractivity contribution is 0.0988. The lowest BCUT2D eigenvalue weighted by atomic mass is 9.86. The molecule has 2 N–H and O–H groups in total. The second-order valence-corrected chi connectivity index (χ2v) is 5.84. The largest absolute Gasteiger partial charge is 0.335 e. The van der Waals surface area contributed by atoms with Crippen LogP contribution in [0, 0.1) is 0 Å². The summed E-state index contributed by atoms with van der Waals surface area (Å²) >= 11 is 0. The van der Waals surface area contributed by atoms with Crippen LogP contribution < -0.4 is 5.73 Å². The topological polar surface area (TPSA) is 47.1 Å². The van der Waals surface area contributed by atoms with E-state index in [1.165, 1.54) is 25.9 Å². The SMILES string of the molecule is CCn1ccnc1CC(N)C(C)(CC)N1CCCC1. The maximum atomic E-state index is 6.56. The van der Waals surface area contributed by atoms with E-state index in [-0.39, 0.29) is 11.6 Å². The van der Waals surface area contributed by atoms with Gasteiger partial charge in [-0.25, -0.2) is 4.98 Å². The van der Waals surface area contributed by atoms with Crippen LogP contribution in [0.5, 0.6) is 0 Å². The molecule has 0 saturated carbocycles. The Labute approximate surface area is 117 Å². The van der Waals surface area contributed by atoms with E-state index in [4.69, 9.17) is 5.73 Å². The van der Waals surface area contributed by atoms with Crippen molar-refractivity contribution in [2.75, 3.05) is 13.1 Å². The molecule has 2 atom stereocenters. The fourth-order valence-electron chi connectivity index (χ4n) is 3.18. The minimum absolute atomic E-state index is 0.0982. The third kappa shape index (κ3) is 2.84. The van der Waals surface area contributed by atoms with Gasteiger partial charge in [0.2, 0.25) is 0 Å². The number of nitrogens with zero attached hydrogens (tertiary/aromatic N) is 3. The molecule has 2 rings (SSSR count). The average Bonchev–Trinajstić information content (AvgIpc) is 3.08. The lowest BCUT2D eigenvalue weighted by Gasteiger charge is -2.43. The molecule has 4 nitrogen and oxygen atoms in total. The van der Waals surface area contributed by atoms with Crippen LogP contribution in [0.1, 0.15) is 45.9 Å². The fraction of sp³-hybridized carbons (Fsp3) is 0.800. The van der Waals surface area contributed by atoms with Crippen molar-refractivity contribution in [3.8, 4) is 0 Å². The van der Waals surface area contributed by atoms with E-state index < -0.39 is 0 Å². The van der Waals surface area contributed by atoms with Crippen LogP contribution in [-0.4, -0.2) is 39.1 Å². The summed E-state index contributed by atoms with van der Waals surface area (Å²) in [7, 11) is 0. The molecule has 0 spiro atoms. The average molecular weight is 264 g/mol. The number of hydrogen-bond acceptors (Lipinski definition) is 3. The smallest absolute Gasteiger partial charge is 0.110 e. The summed E-state index contributed by atoms with van der Waals surface area (Å²) in [6.45, 7) is 10.1. The molecule has 19 heavy (non-hydrogen) atoms.